The molecular weight excluding hydrogens is 335 g/mol. The molecule has 0 aliphatic rings. The largest absolute Gasteiger partial charge is 0.456 e. The second-order valence-corrected chi connectivity index (χ2v) is 5.27. The molecule has 2 rings (SSSR count). The standard InChI is InChI=1S/C14H11BrClFO2/c1-8(18)9-4-2-3-5-13(9)19-14-7-12(17)11(16)6-10(14)15/h2-8,18H,1H3/t8-/m0/s1. The minimum absolute atomic E-state index is 0.0167. The molecule has 2 aromatic rings. The van der Waals surface area contributed by atoms with Gasteiger partial charge in [-0.05, 0) is 35.0 Å². The molecule has 2 nitrogen and oxygen atoms in total. The maximum atomic E-state index is 13.4. The number of hydrogen-bond acceptors (Lipinski definition) is 2. The molecule has 1 N–H and O–H groups in total. The normalized spacial score (nSPS) is 12.3. The highest BCUT2D eigenvalue weighted by Crippen LogP contribution is 2.36. The molecule has 2 aromatic carbocycles. The second kappa shape index (κ2) is 5.90. The molecule has 5 heteroatoms. The number of aliphatic hydroxyl groups excluding tert-OH is 1. The summed E-state index contributed by atoms with van der Waals surface area (Å²) < 4.78 is 19.6. The Kier molecular flexibility index (Phi) is 4.45. The van der Waals surface area contributed by atoms with Gasteiger partial charge in [-0.2, -0.15) is 0 Å². The van der Waals surface area contributed by atoms with E-state index >= 15 is 0 Å². The predicted molar refractivity (Wildman–Crippen MR) is 76.3 cm³/mol. The van der Waals surface area contributed by atoms with Crippen molar-refractivity contribution in [3.05, 3.63) is 57.3 Å². The van der Waals surface area contributed by atoms with E-state index in [0.29, 0.717) is 21.5 Å². The van der Waals surface area contributed by atoms with Crippen molar-refractivity contribution in [2.75, 3.05) is 0 Å². The molecule has 19 heavy (non-hydrogen) atoms. The second-order valence-electron chi connectivity index (χ2n) is 4.01. The van der Waals surface area contributed by atoms with E-state index in [1.54, 1.807) is 31.2 Å². The third-order valence-corrected chi connectivity index (χ3v) is 3.47. The van der Waals surface area contributed by atoms with Crippen LogP contribution in [-0.4, -0.2) is 5.11 Å². The first-order valence-electron chi connectivity index (χ1n) is 5.58. The minimum Gasteiger partial charge on any atom is -0.456 e. The molecule has 0 bridgehead atoms. The van der Waals surface area contributed by atoms with Gasteiger partial charge in [-0.15, -0.1) is 0 Å². The lowest BCUT2D eigenvalue weighted by atomic mass is 10.1. The van der Waals surface area contributed by atoms with E-state index in [1.807, 2.05) is 0 Å². The van der Waals surface area contributed by atoms with Gasteiger partial charge in [0.1, 0.15) is 17.3 Å². The van der Waals surface area contributed by atoms with E-state index in [0.717, 1.165) is 0 Å². The van der Waals surface area contributed by atoms with Gasteiger partial charge in [0.05, 0.1) is 15.6 Å². The molecule has 100 valence electrons. The Bertz CT molecular complexity index is 602. The minimum atomic E-state index is -0.674. The van der Waals surface area contributed by atoms with Crippen LogP contribution in [0.3, 0.4) is 0 Å². The van der Waals surface area contributed by atoms with Gasteiger partial charge < -0.3 is 9.84 Å². The first-order chi connectivity index (χ1) is 8.99. The van der Waals surface area contributed by atoms with Gasteiger partial charge in [-0.25, -0.2) is 4.39 Å². The molecule has 0 amide bonds. The summed E-state index contributed by atoms with van der Waals surface area (Å²) in [5.41, 5.74) is 0.629. The van der Waals surface area contributed by atoms with E-state index in [2.05, 4.69) is 15.9 Å². The lowest BCUT2D eigenvalue weighted by Gasteiger charge is -2.14. The highest BCUT2D eigenvalue weighted by molar-refractivity contribution is 9.10. The van der Waals surface area contributed by atoms with Gasteiger partial charge in [-0.3, -0.25) is 0 Å². The Morgan fingerprint density at radius 2 is 1.95 bits per heavy atom. The molecule has 0 heterocycles. The van der Waals surface area contributed by atoms with Crippen LogP contribution in [-0.2, 0) is 0 Å². The van der Waals surface area contributed by atoms with Crippen LogP contribution in [0.15, 0.2) is 40.9 Å². The summed E-state index contributed by atoms with van der Waals surface area (Å²) in [4.78, 5) is 0. The Morgan fingerprint density at radius 3 is 2.63 bits per heavy atom. The van der Waals surface area contributed by atoms with Crippen molar-refractivity contribution in [3.63, 3.8) is 0 Å². The summed E-state index contributed by atoms with van der Waals surface area (Å²) in [6, 6.07) is 9.66. The SMILES string of the molecule is C[C@H](O)c1ccccc1Oc1cc(F)c(Cl)cc1Br. The highest BCUT2D eigenvalue weighted by atomic mass is 79.9. The fourth-order valence-corrected chi connectivity index (χ4v) is 2.34. The molecule has 0 fully saturated rings. The van der Waals surface area contributed by atoms with Crippen LogP contribution in [0.4, 0.5) is 4.39 Å². The van der Waals surface area contributed by atoms with Crippen LogP contribution in [0.2, 0.25) is 5.02 Å². The van der Waals surface area contributed by atoms with E-state index in [1.165, 1.54) is 12.1 Å². The average Bonchev–Trinajstić information content (AvgIpc) is 2.36. The quantitative estimate of drug-likeness (QED) is 0.785. The Balaban J connectivity index is 2.39. The summed E-state index contributed by atoms with van der Waals surface area (Å²) in [7, 11) is 0. The van der Waals surface area contributed by atoms with Crippen molar-refractivity contribution in [2.24, 2.45) is 0 Å². The molecule has 0 saturated carbocycles. The molecular formula is C14H11BrClFO2. The zero-order valence-electron chi connectivity index (χ0n) is 10.0. The van der Waals surface area contributed by atoms with Crippen LogP contribution in [0, 0.1) is 5.82 Å². The number of ether oxygens (including phenoxy) is 1. The van der Waals surface area contributed by atoms with E-state index in [-0.39, 0.29) is 5.02 Å². The number of para-hydroxylation sites is 1. The van der Waals surface area contributed by atoms with Crippen molar-refractivity contribution < 1.29 is 14.2 Å². The van der Waals surface area contributed by atoms with Gasteiger partial charge in [0, 0.05) is 11.6 Å². The van der Waals surface area contributed by atoms with Gasteiger partial charge in [-0.1, -0.05) is 29.8 Å². The zero-order chi connectivity index (χ0) is 14.0. The Labute approximate surface area is 123 Å². The molecule has 0 unspecified atom stereocenters. The highest BCUT2D eigenvalue weighted by Gasteiger charge is 2.13. The van der Waals surface area contributed by atoms with Crippen LogP contribution < -0.4 is 4.74 Å². The topological polar surface area (TPSA) is 29.5 Å². The summed E-state index contributed by atoms with van der Waals surface area (Å²) >= 11 is 8.93. The van der Waals surface area contributed by atoms with Crippen molar-refractivity contribution in [3.8, 4) is 11.5 Å². The van der Waals surface area contributed by atoms with Crippen LogP contribution in [0.25, 0.3) is 0 Å². The number of aliphatic hydroxyl groups is 1. The molecule has 0 spiro atoms. The average molecular weight is 346 g/mol. The molecule has 1 atom stereocenters. The van der Waals surface area contributed by atoms with Crippen molar-refractivity contribution in [1.82, 2.24) is 0 Å². The first-order valence-corrected chi connectivity index (χ1v) is 6.75. The zero-order valence-corrected chi connectivity index (χ0v) is 12.4. The Hall–Kier alpha value is -1.10. The van der Waals surface area contributed by atoms with Crippen LogP contribution >= 0.6 is 27.5 Å². The van der Waals surface area contributed by atoms with Gasteiger partial charge in [0.25, 0.3) is 0 Å². The van der Waals surface area contributed by atoms with Gasteiger partial charge >= 0.3 is 0 Å². The van der Waals surface area contributed by atoms with Crippen LogP contribution in [0.1, 0.15) is 18.6 Å². The lowest BCUT2D eigenvalue weighted by Crippen LogP contribution is -1.96. The van der Waals surface area contributed by atoms with Crippen molar-refractivity contribution in [2.45, 2.75) is 13.0 Å². The predicted octanol–water partition coefficient (Wildman–Crippen LogP) is 5.09. The maximum absolute atomic E-state index is 13.4. The van der Waals surface area contributed by atoms with Crippen molar-refractivity contribution >= 4 is 27.5 Å². The van der Waals surface area contributed by atoms with Crippen LogP contribution in [0.5, 0.6) is 11.5 Å². The summed E-state index contributed by atoms with van der Waals surface area (Å²) in [6.07, 6.45) is -0.674. The summed E-state index contributed by atoms with van der Waals surface area (Å²) in [6.45, 7) is 1.64. The number of hydrogen-bond donors (Lipinski definition) is 1. The van der Waals surface area contributed by atoms with Gasteiger partial charge in [0.15, 0.2) is 0 Å². The molecule has 0 aromatic heterocycles. The van der Waals surface area contributed by atoms with E-state index in [4.69, 9.17) is 16.3 Å². The monoisotopic (exact) mass is 344 g/mol. The van der Waals surface area contributed by atoms with E-state index in [9.17, 15) is 9.50 Å². The fraction of sp³-hybridized carbons (Fsp3) is 0.143. The smallest absolute Gasteiger partial charge is 0.145 e. The number of benzene rings is 2. The third kappa shape index (κ3) is 3.26. The number of halogens is 3. The fourth-order valence-electron chi connectivity index (χ4n) is 1.62. The first kappa shape index (κ1) is 14.3. The lowest BCUT2D eigenvalue weighted by molar-refractivity contribution is 0.195. The maximum Gasteiger partial charge on any atom is 0.145 e. The summed E-state index contributed by atoms with van der Waals surface area (Å²) in [5.74, 6) is 0.212. The van der Waals surface area contributed by atoms with Gasteiger partial charge in [0.2, 0.25) is 0 Å². The molecule has 0 aliphatic carbocycles. The van der Waals surface area contributed by atoms with E-state index < -0.39 is 11.9 Å². The number of rotatable bonds is 3. The molecule has 0 radical (unpaired) electrons. The summed E-state index contributed by atoms with van der Waals surface area (Å²) in [5, 5.41) is 9.68. The third-order valence-electron chi connectivity index (χ3n) is 2.56. The van der Waals surface area contributed by atoms with Crippen molar-refractivity contribution in [1.29, 1.82) is 0 Å². The molecule has 0 saturated heterocycles. The Morgan fingerprint density at radius 1 is 1.26 bits per heavy atom. The molecule has 0 aliphatic heterocycles.